The molecule has 1 aliphatic heterocycles. The number of aliphatic imine (C=N–C) groups is 1. The van der Waals surface area contributed by atoms with Gasteiger partial charge in [0.2, 0.25) is 11.7 Å². The van der Waals surface area contributed by atoms with Crippen LogP contribution in [-0.4, -0.2) is 18.1 Å². The molecule has 0 fully saturated rings. The third-order valence-corrected chi connectivity index (χ3v) is 6.26. The average molecular weight is 360 g/mol. The molecule has 4 rings (SSSR count). The fraction of sp³-hybridized carbons (Fsp3) is 0.364. The third-order valence-electron chi connectivity index (χ3n) is 6.26. The SMILES string of the molecule is CCC1(CC)Cc2ccc(-c3cccc(C#N)c3)cc2C12N=C(N)N(C)O2. The second kappa shape index (κ2) is 6.11. The lowest BCUT2D eigenvalue weighted by Gasteiger charge is -2.39. The molecule has 1 heterocycles. The number of nitrogens with two attached hydrogens (primary N) is 1. The van der Waals surface area contributed by atoms with Gasteiger partial charge in [0.1, 0.15) is 0 Å². The van der Waals surface area contributed by atoms with Crippen LogP contribution in [0.25, 0.3) is 11.1 Å². The summed E-state index contributed by atoms with van der Waals surface area (Å²) >= 11 is 0. The van der Waals surface area contributed by atoms with Gasteiger partial charge in [-0.15, -0.1) is 0 Å². The predicted octanol–water partition coefficient (Wildman–Crippen LogP) is 3.93. The molecule has 2 aromatic rings. The molecule has 2 N–H and O–H groups in total. The first-order chi connectivity index (χ1) is 13.0. The van der Waals surface area contributed by atoms with Crippen LogP contribution in [0.15, 0.2) is 47.5 Å². The zero-order valence-corrected chi connectivity index (χ0v) is 16.0. The fourth-order valence-electron chi connectivity index (χ4n) is 4.57. The minimum Gasteiger partial charge on any atom is -0.368 e. The maximum Gasteiger partial charge on any atom is 0.220 e. The molecule has 0 saturated carbocycles. The molecule has 2 aliphatic rings. The Morgan fingerprint density at radius 1 is 1.19 bits per heavy atom. The van der Waals surface area contributed by atoms with Crippen LogP contribution in [0, 0.1) is 16.7 Å². The van der Waals surface area contributed by atoms with E-state index in [9.17, 15) is 5.26 Å². The molecule has 5 heteroatoms. The lowest BCUT2D eigenvalue weighted by Crippen LogP contribution is -2.42. The Morgan fingerprint density at radius 3 is 2.56 bits per heavy atom. The third kappa shape index (κ3) is 2.37. The van der Waals surface area contributed by atoms with Crippen molar-refractivity contribution in [2.45, 2.75) is 38.8 Å². The van der Waals surface area contributed by atoms with E-state index in [4.69, 9.17) is 15.6 Å². The summed E-state index contributed by atoms with van der Waals surface area (Å²) in [6.45, 7) is 4.39. The van der Waals surface area contributed by atoms with Crippen LogP contribution >= 0.6 is 0 Å². The summed E-state index contributed by atoms with van der Waals surface area (Å²) in [6, 6.07) is 16.3. The van der Waals surface area contributed by atoms with Crippen LogP contribution in [0.2, 0.25) is 0 Å². The molecule has 1 atom stereocenters. The fourth-order valence-corrected chi connectivity index (χ4v) is 4.57. The van der Waals surface area contributed by atoms with E-state index < -0.39 is 5.72 Å². The van der Waals surface area contributed by atoms with Crippen LogP contribution in [0.3, 0.4) is 0 Å². The summed E-state index contributed by atoms with van der Waals surface area (Å²) in [5.41, 5.74) is 10.3. The molecule has 0 saturated heterocycles. The van der Waals surface area contributed by atoms with Crippen LogP contribution in [0.1, 0.15) is 43.4 Å². The number of rotatable bonds is 3. The molecule has 1 spiro atoms. The average Bonchev–Trinajstić information content (AvgIpc) is 3.15. The summed E-state index contributed by atoms with van der Waals surface area (Å²) in [5.74, 6) is 0.408. The Labute approximate surface area is 160 Å². The van der Waals surface area contributed by atoms with Gasteiger partial charge in [0, 0.05) is 18.0 Å². The highest BCUT2D eigenvalue weighted by atomic mass is 16.7. The van der Waals surface area contributed by atoms with Crippen molar-refractivity contribution in [1.82, 2.24) is 5.06 Å². The van der Waals surface area contributed by atoms with Gasteiger partial charge >= 0.3 is 0 Å². The number of hydroxylamine groups is 2. The summed E-state index contributed by atoms with van der Waals surface area (Å²) < 4.78 is 0. The van der Waals surface area contributed by atoms with Crippen molar-refractivity contribution in [3.63, 3.8) is 0 Å². The van der Waals surface area contributed by atoms with Crippen LogP contribution in [-0.2, 0) is 17.0 Å². The molecule has 27 heavy (non-hydrogen) atoms. The van der Waals surface area contributed by atoms with E-state index in [0.29, 0.717) is 11.5 Å². The molecule has 0 radical (unpaired) electrons. The monoisotopic (exact) mass is 360 g/mol. The Hall–Kier alpha value is -2.84. The van der Waals surface area contributed by atoms with Crippen LogP contribution < -0.4 is 5.73 Å². The largest absolute Gasteiger partial charge is 0.368 e. The van der Waals surface area contributed by atoms with Crippen LogP contribution in [0.4, 0.5) is 0 Å². The Kier molecular flexibility index (Phi) is 3.97. The zero-order chi connectivity index (χ0) is 19.2. The van der Waals surface area contributed by atoms with Crippen molar-refractivity contribution in [3.8, 4) is 17.2 Å². The number of guanidine groups is 1. The van der Waals surface area contributed by atoms with E-state index in [-0.39, 0.29) is 5.41 Å². The standard InChI is InChI=1S/C22H24N4O/c1-4-21(5-2)13-18-10-9-17(16-8-6-7-15(11-16)14-23)12-19(18)22(21)25-20(24)26(3)27-22/h6-12H,4-5,13H2,1-3H3,(H2,24,25). The van der Waals surface area contributed by atoms with Crippen molar-refractivity contribution >= 4 is 5.96 Å². The second-order valence-corrected chi connectivity index (χ2v) is 7.43. The quantitative estimate of drug-likeness (QED) is 0.900. The second-order valence-electron chi connectivity index (χ2n) is 7.43. The van der Waals surface area contributed by atoms with E-state index in [1.54, 1.807) is 5.06 Å². The maximum absolute atomic E-state index is 9.21. The van der Waals surface area contributed by atoms with Crippen molar-refractivity contribution < 1.29 is 4.84 Å². The molecular weight excluding hydrogens is 336 g/mol. The highest BCUT2D eigenvalue weighted by Crippen LogP contribution is 2.59. The van der Waals surface area contributed by atoms with Gasteiger partial charge in [-0.1, -0.05) is 38.1 Å². The van der Waals surface area contributed by atoms with E-state index in [1.807, 2.05) is 31.3 Å². The van der Waals surface area contributed by atoms with Crippen LogP contribution in [0.5, 0.6) is 0 Å². The van der Waals surface area contributed by atoms with Crippen molar-refractivity contribution in [2.24, 2.45) is 16.1 Å². The minimum absolute atomic E-state index is 0.127. The molecule has 1 aliphatic carbocycles. The predicted molar refractivity (Wildman–Crippen MR) is 105 cm³/mol. The molecule has 0 amide bonds. The first-order valence-electron chi connectivity index (χ1n) is 9.40. The lowest BCUT2D eigenvalue weighted by atomic mass is 9.73. The van der Waals surface area contributed by atoms with E-state index in [2.05, 4.69) is 38.1 Å². The Bertz CT molecular complexity index is 971. The van der Waals surface area contributed by atoms with Gasteiger partial charge in [-0.3, -0.25) is 0 Å². The maximum atomic E-state index is 9.21. The lowest BCUT2D eigenvalue weighted by molar-refractivity contribution is -0.223. The number of nitrogens with zero attached hydrogens (tertiary/aromatic N) is 3. The molecular formula is C22H24N4O. The summed E-state index contributed by atoms with van der Waals surface area (Å²) in [4.78, 5) is 11.2. The summed E-state index contributed by atoms with van der Waals surface area (Å²) in [6.07, 6.45) is 2.81. The van der Waals surface area contributed by atoms with Crippen molar-refractivity contribution in [3.05, 3.63) is 59.2 Å². The molecule has 2 aromatic carbocycles. The molecule has 5 nitrogen and oxygen atoms in total. The zero-order valence-electron chi connectivity index (χ0n) is 16.0. The van der Waals surface area contributed by atoms with Gasteiger partial charge in [0.15, 0.2) is 0 Å². The van der Waals surface area contributed by atoms with Gasteiger partial charge < -0.3 is 5.73 Å². The van der Waals surface area contributed by atoms with E-state index >= 15 is 0 Å². The molecule has 1 unspecified atom stereocenters. The Morgan fingerprint density at radius 2 is 1.93 bits per heavy atom. The van der Waals surface area contributed by atoms with E-state index in [0.717, 1.165) is 36.0 Å². The highest BCUT2D eigenvalue weighted by molar-refractivity contribution is 5.79. The molecule has 0 bridgehead atoms. The summed E-state index contributed by atoms with van der Waals surface area (Å²) in [5, 5.41) is 10.8. The smallest absolute Gasteiger partial charge is 0.220 e. The molecule has 0 aromatic heterocycles. The number of fused-ring (bicyclic) bond motifs is 2. The van der Waals surface area contributed by atoms with Gasteiger partial charge in [0.25, 0.3) is 0 Å². The number of hydrogen-bond acceptors (Lipinski definition) is 5. The number of benzene rings is 2. The van der Waals surface area contributed by atoms with Gasteiger partial charge in [-0.05, 0) is 54.2 Å². The van der Waals surface area contributed by atoms with Crippen molar-refractivity contribution in [2.75, 3.05) is 7.05 Å². The van der Waals surface area contributed by atoms with Gasteiger partial charge in [-0.2, -0.15) is 5.26 Å². The Balaban J connectivity index is 1.90. The normalized spacial score (nSPS) is 22.6. The minimum atomic E-state index is -0.784. The van der Waals surface area contributed by atoms with Crippen molar-refractivity contribution in [1.29, 1.82) is 5.26 Å². The summed E-state index contributed by atoms with van der Waals surface area (Å²) in [7, 11) is 1.81. The topological polar surface area (TPSA) is 74.6 Å². The van der Waals surface area contributed by atoms with Gasteiger partial charge in [-0.25, -0.2) is 14.9 Å². The first kappa shape index (κ1) is 17.6. The highest BCUT2D eigenvalue weighted by Gasteiger charge is 2.61. The molecule has 138 valence electrons. The van der Waals surface area contributed by atoms with E-state index in [1.165, 1.54) is 5.56 Å². The number of hydrogen-bond donors (Lipinski definition) is 1. The number of nitriles is 1. The first-order valence-corrected chi connectivity index (χ1v) is 9.40. The van der Waals surface area contributed by atoms with Gasteiger partial charge in [0.05, 0.1) is 11.6 Å².